The van der Waals surface area contributed by atoms with Crippen molar-refractivity contribution in [2.45, 2.75) is 44.1 Å². The average Bonchev–Trinajstić information content (AvgIpc) is 3.56. The van der Waals surface area contributed by atoms with Crippen molar-refractivity contribution in [1.82, 2.24) is 20.4 Å². The third-order valence-electron chi connectivity index (χ3n) is 7.06. The van der Waals surface area contributed by atoms with Gasteiger partial charge in [0.2, 0.25) is 17.7 Å². The molecule has 5 rings (SSSR count). The zero-order chi connectivity index (χ0) is 28.9. The van der Waals surface area contributed by atoms with Gasteiger partial charge in [-0.15, -0.1) is 0 Å². The largest absolute Gasteiger partial charge is 0.494 e. The SMILES string of the molecule is NC(=O)C(c1ccc(OCCCCCOc2cccc3c2C(=O)N(C2CCC(=O)NC2=O)C3=O)cc1)c1cc[nH]n1. The first-order valence-corrected chi connectivity index (χ1v) is 13.3. The molecule has 0 spiro atoms. The number of nitrogens with zero attached hydrogens (tertiary/aromatic N) is 2. The van der Waals surface area contributed by atoms with Crippen LogP contribution in [0.4, 0.5) is 0 Å². The van der Waals surface area contributed by atoms with Gasteiger partial charge in [0.15, 0.2) is 0 Å². The van der Waals surface area contributed by atoms with Gasteiger partial charge in [0, 0.05) is 12.6 Å². The van der Waals surface area contributed by atoms with Gasteiger partial charge >= 0.3 is 0 Å². The topological polar surface area (TPSA) is 174 Å². The maximum absolute atomic E-state index is 13.1. The number of piperidine rings is 1. The molecule has 0 bridgehead atoms. The third-order valence-corrected chi connectivity index (χ3v) is 7.06. The van der Waals surface area contributed by atoms with E-state index < -0.39 is 41.5 Å². The number of amides is 5. The van der Waals surface area contributed by atoms with E-state index in [9.17, 15) is 24.0 Å². The zero-order valence-electron chi connectivity index (χ0n) is 22.1. The highest BCUT2D eigenvalue weighted by molar-refractivity contribution is 6.24. The number of aromatic amines is 1. The molecular weight excluding hydrogens is 530 g/mol. The number of unbranched alkanes of at least 4 members (excludes halogenated alkanes) is 2. The Morgan fingerprint density at radius 3 is 2.41 bits per heavy atom. The number of aromatic nitrogens is 2. The molecule has 0 radical (unpaired) electrons. The molecule has 2 aromatic carbocycles. The van der Waals surface area contributed by atoms with Crippen LogP contribution < -0.4 is 20.5 Å². The van der Waals surface area contributed by atoms with E-state index in [1.54, 1.807) is 48.7 Å². The Balaban J connectivity index is 1.08. The van der Waals surface area contributed by atoms with Crippen molar-refractivity contribution in [1.29, 1.82) is 0 Å². The molecule has 2 atom stereocenters. The molecule has 2 aliphatic rings. The number of ether oxygens (including phenoxy) is 2. The van der Waals surface area contributed by atoms with Gasteiger partial charge < -0.3 is 15.2 Å². The molecule has 1 aromatic heterocycles. The maximum atomic E-state index is 13.1. The van der Waals surface area contributed by atoms with Crippen LogP contribution in [-0.4, -0.2) is 63.9 Å². The Labute approximate surface area is 235 Å². The zero-order valence-corrected chi connectivity index (χ0v) is 22.1. The van der Waals surface area contributed by atoms with Crippen molar-refractivity contribution in [2.24, 2.45) is 5.73 Å². The van der Waals surface area contributed by atoms with E-state index >= 15 is 0 Å². The molecule has 2 aliphatic heterocycles. The van der Waals surface area contributed by atoms with Gasteiger partial charge in [-0.05, 0) is 61.6 Å². The fourth-order valence-electron chi connectivity index (χ4n) is 5.03. The Morgan fingerprint density at radius 1 is 0.976 bits per heavy atom. The Hall–Kier alpha value is -5.00. The summed E-state index contributed by atoms with van der Waals surface area (Å²) in [5, 5.41) is 8.95. The number of nitrogens with two attached hydrogens (primary N) is 1. The van der Waals surface area contributed by atoms with Crippen LogP contribution in [0.5, 0.6) is 11.5 Å². The lowest BCUT2D eigenvalue weighted by Crippen LogP contribution is -2.54. The van der Waals surface area contributed by atoms with Crippen LogP contribution in [0, 0.1) is 0 Å². The number of H-pyrrole nitrogens is 1. The second kappa shape index (κ2) is 12.0. The number of hydrogen-bond acceptors (Lipinski definition) is 8. The summed E-state index contributed by atoms with van der Waals surface area (Å²) in [7, 11) is 0. The van der Waals surface area contributed by atoms with Crippen molar-refractivity contribution in [3.8, 4) is 11.5 Å². The Bertz CT molecular complexity index is 1470. The number of hydrogen-bond donors (Lipinski definition) is 3. The normalized spacial score (nSPS) is 17.3. The predicted octanol–water partition coefficient (Wildman–Crippen LogP) is 2.06. The minimum Gasteiger partial charge on any atom is -0.494 e. The average molecular weight is 560 g/mol. The monoisotopic (exact) mass is 559 g/mol. The van der Waals surface area contributed by atoms with Crippen molar-refractivity contribution >= 4 is 29.5 Å². The minimum absolute atomic E-state index is 0.0594. The smallest absolute Gasteiger partial charge is 0.266 e. The predicted molar refractivity (Wildman–Crippen MR) is 144 cm³/mol. The number of nitrogens with one attached hydrogen (secondary N) is 2. The van der Waals surface area contributed by atoms with E-state index in [4.69, 9.17) is 15.2 Å². The summed E-state index contributed by atoms with van der Waals surface area (Å²) < 4.78 is 11.7. The molecule has 4 N–H and O–H groups in total. The summed E-state index contributed by atoms with van der Waals surface area (Å²) in [5.74, 6) is -2.42. The van der Waals surface area contributed by atoms with Crippen LogP contribution in [0.25, 0.3) is 0 Å². The molecule has 2 unspecified atom stereocenters. The first-order chi connectivity index (χ1) is 19.8. The Kier molecular flexibility index (Phi) is 8.09. The number of imide groups is 2. The van der Waals surface area contributed by atoms with Gasteiger partial charge in [-0.3, -0.25) is 39.3 Å². The molecule has 1 saturated heterocycles. The fourth-order valence-corrected chi connectivity index (χ4v) is 5.03. The van der Waals surface area contributed by atoms with Crippen LogP contribution >= 0.6 is 0 Å². The van der Waals surface area contributed by atoms with E-state index in [-0.39, 0.29) is 29.7 Å². The lowest BCUT2D eigenvalue weighted by atomic mass is 9.95. The number of rotatable bonds is 12. The summed E-state index contributed by atoms with van der Waals surface area (Å²) in [5.41, 5.74) is 7.16. The van der Waals surface area contributed by atoms with E-state index in [0.717, 1.165) is 23.3 Å². The molecule has 1 fully saturated rings. The lowest BCUT2D eigenvalue weighted by Gasteiger charge is -2.27. The summed E-state index contributed by atoms with van der Waals surface area (Å²) in [4.78, 5) is 62.7. The molecule has 5 amide bonds. The third kappa shape index (κ3) is 5.81. The standard InChI is InChI=1S/C29H29N5O7/c30-26(36)24(20-13-14-31-33-20)17-7-9-18(10-8-17)40-15-2-1-3-16-41-22-6-4-5-19-25(22)29(39)34(28(19)38)21-11-12-23(35)32-27(21)37/h4-10,13-14,21,24H,1-3,11-12,15-16H2,(H2,30,36)(H,31,33)(H,32,35,37). The number of carbonyl (C=O) groups excluding carboxylic acids is 5. The molecular formula is C29H29N5O7. The molecule has 41 heavy (non-hydrogen) atoms. The van der Waals surface area contributed by atoms with Crippen LogP contribution in [-0.2, 0) is 14.4 Å². The van der Waals surface area contributed by atoms with Crippen molar-refractivity contribution in [3.63, 3.8) is 0 Å². The summed E-state index contributed by atoms with van der Waals surface area (Å²) >= 11 is 0. The molecule has 0 saturated carbocycles. The van der Waals surface area contributed by atoms with Crippen molar-refractivity contribution in [2.75, 3.05) is 13.2 Å². The second-order valence-corrected chi connectivity index (χ2v) is 9.79. The minimum atomic E-state index is -1.02. The maximum Gasteiger partial charge on any atom is 0.266 e. The van der Waals surface area contributed by atoms with E-state index in [1.165, 1.54) is 6.07 Å². The summed E-state index contributed by atoms with van der Waals surface area (Å²) in [6.45, 7) is 0.805. The van der Waals surface area contributed by atoms with Crippen LogP contribution in [0.15, 0.2) is 54.7 Å². The molecule has 212 valence electrons. The number of benzene rings is 2. The van der Waals surface area contributed by atoms with Gasteiger partial charge in [0.1, 0.15) is 23.5 Å². The highest BCUT2D eigenvalue weighted by atomic mass is 16.5. The lowest BCUT2D eigenvalue weighted by molar-refractivity contribution is -0.136. The molecule has 3 aromatic rings. The molecule has 12 nitrogen and oxygen atoms in total. The fraction of sp³-hybridized carbons (Fsp3) is 0.310. The molecule has 12 heteroatoms. The first-order valence-electron chi connectivity index (χ1n) is 13.3. The van der Waals surface area contributed by atoms with Gasteiger partial charge in [-0.2, -0.15) is 5.10 Å². The van der Waals surface area contributed by atoms with E-state index in [1.807, 2.05) is 0 Å². The highest BCUT2D eigenvalue weighted by Crippen LogP contribution is 2.33. The highest BCUT2D eigenvalue weighted by Gasteiger charge is 2.46. The number of primary amides is 1. The van der Waals surface area contributed by atoms with E-state index in [2.05, 4.69) is 15.5 Å². The van der Waals surface area contributed by atoms with Crippen LogP contribution in [0.2, 0.25) is 0 Å². The van der Waals surface area contributed by atoms with Gasteiger partial charge in [-0.1, -0.05) is 18.2 Å². The second-order valence-electron chi connectivity index (χ2n) is 9.79. The summed E-state index contributed by atoms with van der Waals surface area (Å²) in [6, 6.07) is 12.6. The van der Waals surface area contributed by atoms with Crippen molar-refractivity contribution < 1.29 is 33.4 Å². The van der Waals surface area contributed by atoms with Crippen LogP contribution in [0.3, 0.4) is 0 Å². The van der Waals surface area contributed by atoms with Gasteiger partial charge in [0.05, 0.1) is 30.0 Å². The van der Waals surface area contributed by atoms with E-state index in [0.29, 0.717) is 31.1 Å². The molecule has 0 aliphatic carbocycles. The van der Waals surface area contributed by atoms with Gasteiger partial charge in [-0.25, -0.2) is 0 Å². The first kappa shape index (κ1) is 27.6. The van der Waals surface area contributed by atoms with Crippen molar-refractivity contribution in [3.05, 3.63) is 77.1 Å². The number of carbonyl (C=O) groups is 5. The summed E-state index contributed by atoms with van der Waals surface area (Å²) in [6.07, 6.45) is 4.04. The Morgan fingerprint density at radius 2 is 1.73 bits per heavy atom. The number of fused-ring (bicyclic) bond motifs is 1. The van der Waals surface area contributed by atoms with Crippen LogP contribution in [0.1, 0.15) is 70.0 Å². The van der Waals surface area contributed by atoms with Gasteiger partial charge in [0.25, 0.3) is 11.8 Å². The quantitative estimate of drug-likeness (QED) is 0.223. The molecule has 3 heterocycles.